The average Bonchev–Trinajstić information content (AvgIpc) is 2.38. The van der Waals surface area contributed by atoms with E-state index in [0.717, 1.165) is 10.0 Å². The minimum Gasteiger partial charge on any atom is -0.243 e. The van der Waals surface area contributed by atoms with Gasteiger partial charge in [-0.15, -0.1) is 0 Å². The van der Waals surface area contributed by atoms with Crippen LogP contribution in [0.2, 0.25) is 5.15 Å². The fourth-order valence-corrected chi connectivity index (χ4v) is 4.01. The van der Waals surface area contributed by atoms with Crippen molar-refractivity contribution < 1.29 is 8.42 Å². The highest BCUT2D eigenvalue weighted by molar-refractivity contribution is 9.10. The number of hydrogen-bond donors (Lipinski definition) is 1. The lowest BCUT2D eigenvalue weighted by Crippen LogP contribution is -2.41. The number of sulfonamides is 1. The molecule has 0 spiro atoms. The topological polar surface area (TPSA) is 59.1 Å². The van der Waals surface area contributed by atoms with E-state index in [-0.39, 0.29) is 10.0 Å². The lowest BCUT2D eigenvalue weighted by atomic mass is 9.96. The highest BCUT2D eigenvalue weighted by Crippen LogP contribution is 2.26. The Morgan fingerprint density at radius 3 is 2.38 bits per heavy atom. The van der Waals surface area contributed by atoms with Crippen molar-refractivity contribution in [3.63, 3.8) is 0 Å². The van der Waals surface area contributed by atoms with Crippen molar-refractivity contribution in [1.82, 2.24) is 9.71 Å². The van der Waals surface area contributed by atoms with Crippen LogP contribution in [-0.4, -0.2) is 13.4 Å². The molecule has 0 saturated carbocycles. The molecular weight excluding hydrogens is 376 g/mol. The zero-order valence-electron chi connectivity index (χ0n) is 11.5. The molecule has 0 fully saturated rings. The van der Waals surface area contributed by atoms with Gasteiger partial charge >= 0.3 is 0 Å². The Labute approximate surface area is 137 Å². The van der Waals surface area contributed by atoms with Crippen LogP contribution in [0.3, 0.4) is 0 Å². The fourth-order valence-electron chi connectivity index (χ4n) is 1.89. The molecule has 1 N–H and O–H groups in total. The van der Waals surface area contributed by atoms with Gasteiger partial charge in [0.2, 0.25) is 10.0 Å². The summed E-state index contributed by atoms with van der Waals surface area (Å²) in [5.41, 5.74) is 0.0629. The van der Waals surface area contributed by atoms with Gasteiger partial charge in [0.05, 0.1) is 5.54 Å². The Balaban J connectivity index is 2.35. The number of nitrogens with one attached hydrogen (secondary N) is 1. The van der Waals surface area contributed by atoms with Gasteiger partial charge in [0, 0.05) is 10.7 Å². The molecular formula is C14H14BrClN2O2S. The van der Waals surface area contributed by atoms with Gasteiger partial charge in [-0.2, -0.15) is 0 Å². The van der Waals surface area contributed by atoms with Gasteiger partial charge in [0.15, 0.2) is 0 Å². The molecule has 1 aromatic carbocycles. The van der Waals surface area contributed by atoms with E-state index in [1.165, 1.54) is 18.3 Å². The lowest BCUT2D eigenvalue weighted by molar-refractivity contribution is 0.472. The molecule has 0 saturated heterocycles. The summed E-state index contributed by atoms with van der Waals surface area (Å²) in [5.74, 6) is 0. The Morgan fingerprint density at radius 1 is 1.19 bits per heavy atom. The molecule has 0 bridgehead atoms. The number of halogens is 2. The van der Waals surface area contributed by atoms with Crippen LogP contribution in [0.1, 0.15) is 19.4 Å². The summed E-state index contributed by atoms with van der Waals surface area (Å²) < 4.78 is 28.5. The van der Waals surface area contributed by atoms with Crippen LogP contribution >= 0.6 is 27.5 Å². The number of aromatic nitrogens is 1. The molecule has 0 unspecified atom stereocenters. The second-order valence-electron chi connectivity index (χ2n) is 5.03. The molecule has 21 heavy (non-hydrogen) atoms. The van der Waals surface area contributed by atoms with Gasteiger partial charge in [-0.05, 0) is 43.7 Å². The van der Waals surface area contributed by atoms with E-state index in [0.29, 0.717) is 0 Å². The molecule has 112 valence electrons. The van der Waals surface area contributed by atoms with E-state index in [2.05, 4.69) is 25.6 Å². The largest absolute Gasteiger partial charge is 0.244 e. The maximum absolute atomic E-state index is 12.5. The standard InChI is InChI=1S/C14H14BrClN2O2S/c1-14(2,10-5-7-11(15)8-6-10)18-21(19,20)12-4-3-9-17-13(12)16/h3-9,18H,1-2H3. The first kappa shape index (κ1) is 16.4. The zero-order chi connectivity index (χ0) is 15.7. The molecule has 1 aromatic heterocycles. The maximum atomic E-state index is 12.5. The van der Waals surface area contributed by atoms with Gasteiger partial charge in [0.25, 0.3) is 0 Å². The molecule has 0 aliphatic heterocycles. The van der Waals surface area contributed by atoms with Gasteiger partial charge in [0.1, 0.15) is 10.0 Å². The van der Waals surface area contributed by atoms with Gasteiger partial charge in [-0.1, -0.05) is 39.7 Å². The highest BCUT2D eigenvalue weighted by Gasteiger charge is 2.29. The van der Waals surface area contributed by atoms with Crippen LogP contribution in [-0.2, 0) is 15.6 Å². The van der Waals surface area contributed by atoms with Gasteiger partial charge in [-0.25, -0.2) is 18.1 Å². The van der Waals surface area contributed by atoms with E-state index in [9.17, 15) is 8.42 Å². The van der Waals surface area contributed by atoms with Crippen LogP contribution < -0.4 is 4.72 Å². The second kappa shape index (κ2) is 6.04. The third kappa shape index (κ3) is 3.83. The summed E-state index contributed by atoms with van der Waals surface area (Å²) in [6.07, 6.45) is 1.45. The summed E-state index contributed by atoms with van der Waals surface area (Å²) >= 11 is 9.22. The summed E-state index contributed by atoms with van der Waals surface area (Å²) in [4.78, 5) is 3.77. The summed E-state index contributed by atoms with van der Waals surface area (Å²) in [6.45, 7) is 3.58. The summed E-state index contributed by atoms with van der Waals surface area (Å²) in [7, 11) is -3.76. The summed E-state index contributed by atoms with van der Waals surface area (Å²) in [6, 6.07) is 10.4. The maximum Gasteiger partial charge on any atom is 0.244 e. The predicted octanol–water partition coefficient (Wildman–Crippen LogP) is 3.71. The third-order valence-electron chi connectivity index (χ3n) is 2.97. The van der Waals surface area contributed by atoms with Crippen molar-refractivity contribution in [2.75, 3.05) is 0 Å². The van der Waals surface area contributed by atoms with E-state index in [4.69, 9.17) is 11.6 Å². The molecule has 2 aromatic rings. The van der Waals surface area contributed by atoms with Gasteiger partial charge < -0.3 is 0 Å². The summed E-state index contributed by atoms with van der Waals surface area (Å²) in [5, 5.41) is -0.0448. The number of benzene rings is 1. The highest BCUT2D eigenvalue weighted by atomic mass is 79.9. The molecule has 0 atom stereocenters. The Hall–Kier alpha value is -0.950. The minimum atomic E-state index is -3.76. The van der Waals surface area contributed by atoms with Crippen molar-refractivity contribution in [1.29, 1.82) is 0 Å². The molecule has 0 amide bonds. The van der Waals surface area contributed by atoms with Crippen LogP contribution in [0.25, 0.3) is 0 Å². The van der Waals surface area contributed by atoms with E-state index in [1.807, 2.05) is 24.3 Å². The van der Waals surface area contributed by atoms with E-state index >= 15 is 0 Å². The van der Waals surface area contributed by atoms with Crippen molar-refractivity contribution in [2.45, 2.75) is 24.3 Å². The molecule has 4 nitrogen and oxygen atoms in total. The van der Waals surface area contributed by atoms with Crippen molar-refractivity contribution in [2.24, 2.45) is 0 Å². The first-order chi connectivity index (χ1) is 9.72. The minimum absolute atomic E-state index is 0.0307. The van der Waals surface area contributed by atoms with Crippen LogP contribution in [0, 0.1) is 0 Å². The van der Waals surface area contributed by atoms with Crippen LogP contribution in [0.4, 0.5) is 0 Å². The van der Waals surface area contributed by atoms with Crippen molar-refractivity contribution in [3.8, 4) is 0 Å². The second-order valence-corrected chi connectivity index (χ2v) is 7.95. The number of pyridine rings is 1. The monoisotopic (exact) mass is 388 g/mol. The number of rotatable bonds is 4. The quantitative estimate of drug-likeness (QED) is 0.811. The third-order valence-corrected chi connectivity index (χ3v) is 5.60. The van der Waals surface area contributed by atoms with E-state index < -0.39 is 15.6 Å². The number of hydrogen-bond acceptors (Lipinski definition) is 3. The first-order valence-electron chi connectivity index (χ1n) is 6.13. The Kier molecular flexibility index (Phi) is 4.72. The van der Waals surface area contributed by atoms with E-state index in [1.54, 1.807) is 13.8 Å². The van der Waals surface area contributed by atoms with Crippen LogP contribution in [0.5, 0.6) is 0 Å². The molecule has 1 heterocycles. The lowest BCUT2D eigenvalue weighted by Gasteiger charge is -2.26. The predicted molar refractivity (Wildman–Crippen MR) is 86.7 cm³/mol. The fraction of sp³-hybridized carbons (Fsp3) is 0.214. The molecule has 0 aliphatic carbocycles. The molecule has 2 rings (SSSR count). The Bertz CT molecular complexity index is 746. The van der Waals surface area contributed by atoms with Gasteiger partial charge in [-0.3, -0.25) is 0 Å². The SMILES string of the molecule is CC(C)(NS(=O)(=O)c1cccnc1Cl)c1ccc(Br)cc1. The normalized spacial score (nSPS) is 12.4. The van der Waals surface area contributed by atoms with Crippen molar-refractivity contribution in [3.05, 3.63) is 57.8 Å². The molecule has 0 aliphatic rings. The zero-order valence-corrected chi connectivity index (χ0v) is 14.6. The van der Waals surface area contributed by atoms with Crippen molar-refractivity contribution >= 4 is 37.6 Å². The molecule has 0 radical (unpaired) electrons. The number of nitrogens with zero attached hydrogens (tertiary/aromatic N) is 1. The molecule has 7 heteroatoms. The average molecular weight is 390 g/mol. The van der Waals surface area contributed by atoms with Crippen LogP contribution in [0.15, 0.2) is 52.0 Å². The first-order valence-corrected chi connectivity index (χ1v) is 8.78. The Morgan fingerprint density at radius 2 is 1.81 bits per heavy atom. The smallest absolute Gasteiger partial charge is 0.243 e.